The summed E-state index contributed by atoms with van der Waals surface area (Å²) in [4.78, 5) is 38.8. The highest BCUT2D eigenvalue weighted by Gasteiger charge is 2.35. The van der Waals surface area contributed by atoms with Gasteiger partial charge in [-0.2, -0.15) is 10.1 Å². The number of carbonyl (C=O) groups is 3. The number of rotatable bonds is 4. The van der Waals surface area contributed by atoms with E-state index in [1.807, 2.05) is 18.2 Å². The van der Waals surface area contributed by atoms with Crippen LogP contribution in [0.5, 0.6) is 0 Å². The first-order valence-corrected chi connectivity index (χ1v) is 10.9. The molecule has 4 rings (SSSR count). The minimum absolute atomic E-state index is 0.155. The lowest BCUT2D eigenvalue weighted by molar-refractivity contribution is -0.120. The zero-order chi connectivity index (χ0) is 22.8. The fourth-order valence-electron chi connectivity index (χ4n) is 3.15. The van der Waals surface area contributed by atoms with Gasteiger partial charge in [-0.25, -0.2) is 0 Å². The van der Waals surface area contributed by atoms with Crippen LogP contribution in [0.4, 0.5) is 11.4 Å². The lowest BCUT2D eigenvalue weighted by atomic mass is 10.1. The highest BCUT2D eigenvalue weighted by Crippen LogP contribution is 2.34. The second-order valence-electron chi connectivity index (χ2n) is 7.04. The minimum atomic E-state index is -0.319. The normalized spacial score (nSPS) is 18.7. The smallest absolute Gasteiger partial charge is 0.282 e. The number of hydrogen-bond acceptors (Lipinski definition) is 6. The molecule has 1 N–H and O–H groups in total. The summed E-state index contributed by atoms with van der Waals surface area (Å²) in [6.45, 7) is 3.16. The Morgan fingerprint density at radius 3 is 2.41 bits per heavy atom. The van der Waals surface area contributed by atoms with Gasteiger partial charge in [-0.05, 0) is 42.8 Å². The molecule has 9 heteroatoms. The molecule has 2 aromatic carbocycles. The zero-order valence-electron chi connectivity index (χ0n) is 17.2. The van der Waals surface area contributed by atoms with Crippen molar-refractivity contribution in [1.82, 2.24) is 4.90 Å². The van der Waals surface area contributed by atoms with Crippen molar-refractivity contribution in [2.24, 2.45) is 5.10 Å². The Labute approximate surface area is 194 Å². The van der Waals surface area contributed by atoms with Crippen LogP contribution in [0.15, 0.2) is 76.4 Å². The molecule has 7 nitrogen and oxygen atoms in total. The quantitative estimate of drug-likeness (QED) is 0.545. The van der Waals surface area contributed by atoms with Crippen molar-refractivity contribution in [2.75, 3.05) is 10.3 Å². The van der Waals surface area contributed by atoms with Crippen LogP contribution in [0.25, 0.3) is 6.08 Å². The molecular formula is C23H18N4O3S2. The van der Waals surface area contributed by atoms with E-state index in [0.717, 1.165) is 17.3 Å². The first-order valence-electron chi connectivity index (χ1n) is 9.65. The van der Waals surface area contributed by atoms with Gasteiger partial charge in [0.1, 0.15) is 0 Å². The molecule has 0 saturated carbocycles. The molecule has 0 aromatic heterocycles. The van der Waals surface area contributed by atoms with Crippen molar-refractivity contribution in [2.45, 2.75) is 13.8 Å². The van der Waals surface area contributed by atoms with E-state index in [4.69, 9.17) is 12.2 Å². The van der Waals surface area contributed by atoms with Gasteiger partial charge in [0.25, 0.3) is 11.8 Å². The van der Waals surface area contributed by atoms with Gasteiger partial charge in [0.05, 0.1) is 21.9 Å². The summed E-state index contributed by atoms with van der Waals surface area (Å²) >= 11 is 6.55. The molecule has 0 radical (unpaired) electrons. The number of benzene rings is 2. The molecule has 2 aliphatic rings. The van der Waals surface area contributed by atoms with E-state index < -0.39 is 0 Å². The maximum Gasteiger partial charge on any atom is 0.282 e. The van der Waals surface area contributed by atoms with Gasteiger partial charge in [-0.3, -0.25) is 19.3 Å². The number of thiocarbonyl (C=S) groups is 1. The van der Waals surface area contributed by atoms with Crippen LogP contribution in [-0.4, -0.2) is 32.7 Å². The second kappa shape index (κ2) is 8.89. The molecule has 2 aromatic rings. The third-order valence-electron chi connectivity index (χ3n) is 4.67. The van der Waals surface area contributed by atoms with E-state index in [-0.39, 0.29) is 17.7 Å². The van der Waals surface area contributed by atoms with Crippen LogP contribution in [0.3, 0.4) is 0 Å². The molecule has 32 heavy (non-hydrogen) atoms. The Bertz CT molecular complexity index is 1220. The molecule has 1 fully saturated rings. The summed E-state index contributed by atoms with van der Waals surface area (Å²) in [5, 5.41) is 8.34. The largest absolute Gasteiger partial charge is 0.326 e. The number of nitrogens with one attached hydrogen (secondary N) is 1. The number of thioether (sulfide) groups is 1. The second-order valence-corrected chi connectivity index (χ2v) is 8.71. The molecule has 1 saturated heterocycles. The summed E-state index contributed by atoms with van der Waals surface area (Å²) in [6.07, 6.45) is 3.19. The van der Waals surface area contributed by atoms with E-state index in [1.54, 1.807) is 49.4 Å². The Morgan fingerprint density at radius 1 is 1.06 bits per heavy atom. The van der Waals surface area contributed by atoms with Gasteiger partial charge in [0, 0.05) is 18.8 Å². The van der Waals surface area contributed by atoms with Gasteiger partial charge in [-0.15, -0.1) is 0 Å². The molecule has 2 aliphatic heterocycles. The van der Waals surface area contributed by atoms with Crippen LogP contribution in [0.1, 0.15) is 19.4 Å². The van der Waals surface area contributed by atoms with Crippen molar-refractivity contribution in [3.05, 3.63) is 76.8 Å². The van der Waals surface area contributed by atoms with Crippen LogP contribution < -0.4 is 10.3 Å². The van der Waals surface area contributed by atoms with Crippen molar-refractivity contribution in [3.8, 4) is 0 Å². The van der Waals surface area contributed by atoms with Gasteiger partial charge in [-0.1, -0.05) is 54.3 Å². The highest BCUT2D eigenvalue weighted by molar-refractivity contribution is 8.26. The summed E-state index contributed by atoms with van der Waals surface area (Å²) in [5.41, 5.74) is 2.92. The topological polar surface area (TPSA) is 82.1 Å². The minimum Gasteiger partial charge on any atom is -0.326 e. The molecule has 160 valence electrons. The van der Waals surface area contributed by atoms with Crippen LogP contribution >= 0.6 is 24.0 Å². The van der Waals surface area contributed by atoms with E-state index in [9.17, 15) is 14.4 Å². The van der Waals surface area contributed by atoms with Gasteiger partial charge < -0.3 is 5.32 Å². The Morgan fingerprint density at radius 2 is 1.75 bits per heavy atom. The molecule has 0 aliphatic carbocycles. The predicted molar refractivity (Wildman–Crippen MR) is 131 cm³/mol. The number of hydrogen-bond donors (Lipinski definition) is 1. The van der Waals surface area contributed by atoms with Gasteiger partial charge in [0.2, 0.25) is 5.91 Å². The number of nitrogens with zero attached hydrogens (tertiary/aromatic N) is 3. The molecule has 2 heterocycles. The molecule has 0 bridgehead atoms. The number of carbonyl (C=O) groups excluding carboxylic acids is 3. The molecule has 3 amide bonds. The summed E-state index contributed by atoms with van der Waals surface area (Å²) in [6, 6.07) is 16.2. The summed E-state index contributed by atoms with van der Waals surface area (Å²) < 4.78 is 0.336. The van der Waals surface area contributed by atoms with Crippen LogP contribution in [0.2, 0.25) is 0 Å². The Hall–Kier alpha value is -3.56. The van der Waals surface area contributed by atoms with E-state index in [2.05, 4.69) is 10.4 Å². The van der Waals surface area contributed by atoms with Crippen molar-refractivity contribution >= 4 is 69.2 Å². The monoisotopic (exact) mass is 462 g/mol. The van der Waals surface area contributed by atoms with Crippen molar-refractivity contribution < 1.29 is 14.4 Å². The fraction of sp³-hybridized carbons (Fsp3) is 0.0870. The van der Waals surface area contributed by atoms with Gasteiger partial charge in [0.15, 0.2) is 4.32 Å². The Balaban J connectivity index is 1.55. The lowest BCUT2D eigenvalue weighted by Crippen LogP contribution is -2.26. The number of amides is 3. The predicted octanol–water partition coefficient (Wildman–Crippen LogP) is 4.15. The number of anilines is 2. The molecule has 0 spiro atoms. The van der Waals surface area contributed by atoms with E-state index in [0.29, 0.717) is 31.9 Å². The third kappa shape index (κ3) is 4.39. The lowest BCUT2D eigenvalue weighted by Gasteiger charge is -2.12. The molecule has 0 unspecified atom stereocenters. The fourth-order valence-corrected chi connectivity index (χ4v) is 4.36. The maximum absolute atomic E-state index is 13.0. The third-order valence-corrected chi connectivity index (χ3v) is 6.00. The average molecular weight is 463 g/mol. The standard InChI is InChI=1S/C23H18N4O3S2/c1-14-19(21(29)27(25-14)18-6-4-3-5-7-18)13-26-22(30)20(32-23(26)31)12-16-8-10-17(11-9-16)24-15(2)28/h3-13H,1-2H3,(H,24,28)/b19-13+,20-12+. The van der Waals surface area contributed by atoms with Crippen molar-refractivity contribution in [1.29, 1.82) is 0 Å². The van der Waals surface area contributed by atoms with E-state index >= 15 is 0 Å². The SMILES string of the molecule is CC(=O)Nc1ccc(/C=C2/SC(=S)N(/C=C3/C(=O)N(c4ccccc4)N=C3C)C2=O)cc1. The first kappa shape index (κ1) is 21.7. The van der Waals surface area contributed by atoms with Crippen molar-refractivity contribution in [3.63, 3.8) is 0 Å². The summed E-state index contributed by atoms with van der Waals surface area (Å²) in [7, 11) is 0. The summed E-state index contributed by atoms with van der Waals surface area (Å²) in [5.74, 6) is -0.782. The van der Waals surface area contributed by atoms with E-state index in [1.165, 1.54) is 23.0 Å². The number of hydrazone groups is 1. The van der Waals surface area contributed by atoms with Gasteiger partial charge >= 0.3 is 0 Å². The number of para-hydroxylation sites is 1. The average Bonchev–Trinajstić information content (AvgIpc) is 3.20. The maximum atomic E-state index is 13.0. The highest BCUT2D eigenvalue weighted by atomic mass is 32.2. The van der Waals surface area contributed by atoms with Crippen LogP contribution in [-0.2, 0) is 14.4 Å². The molecular weight excluding hydrogens is 444 g/mol. The zero-order valence-corrected chi connectivity index (χ0v) is 18.9. The first-order chi connectivity index (χ1) is 15.3. The Kier molecular flexibility index (Phi) is 6.02. The van der Waals surface area contributed by atoms with Crippen LogP contribution in [0, 0.1) is 0 Å². The molecule has 0 atom stereocenters.